The predicted octanol–water partition coefficient (Wildman–Crippen LogP) is 3.23. The summed E-state index contributed by atoms with van der Waals surface area (Å²) in [6.45, 7) is 1.74. The average molecular weight is 902 g/mol. The summed E-state index contributed by atoms with van der Waals surface area (Å²) in [5, 5.41) is 80.9. The standard InChI is InChI=1S/2C23H27ClO7/c2*24-18-6-3-14(23-22(28)21(27)20(26)19(11-25)31-23)10-15(18)9-13-1-4-16(5-2-13)30-17-7-8-29-12-17/h2*1-6,10,17,19-23,25-28H,7-9,11-12H2/t2*17-,19+,20+,21-,22+,23-/m00/s1. The van der Waals surface area contributed by atoms with Gasteiger partial charge >= 0.3 is 0 Å². The summed E-state index contributed by atoms with van der Waals surface area (Å²) in [4.78, 5) is 0. The summed E-state index contributed by atoms with van der Waals surface area (Å²) >= 11 is 12.8. The Morgan fingerprint density at radius 2 is 0.887 bits per heavy atom. The zero-order chi connectivity index (χ0) is 43.9. The summed E-state index contributed by atoms with van der Waals surface area (Å²) in [7, 11) is 0. The van der Waals surface area contributed by atoms with Crippen molar-refractivity contribution in [1.82, 2.24) is 0 Å². The van der Waals surface area contributed by atoms with Gasteiger partial charge < -0.3 is 69.3 Å². The lowest BCUT2D eigenvalue weighted by molar-refractivity contribution is -0.231. The van der Waals surface area contributed by atoms with Crippen molar-refractivity contribution in [3.8, 4) is 11.5 Å². The minimum Gasteiger partial charge on any atom is -0.488 e. The fourth-order valence-corrected chi connectivity index (χ4v) is 8.35. The second kappa shape index (κ2) is 21.5. The summed E-state index contributed by atoms with van der Waals surface area (Å²) < 4.78 is 33.8. The van der Waals surface area contributed by atoms with Gasteiger partial charge in [-0.1, -0.05) is 71.7 Å². The van der Waals surface area contributed by atoms with Gasteiger partial charge in [0.05, 0.1) is 39.6 Å². The maximum atomic E-state index is 10.4. The number of aliphatic hydroxyl groups excluding tert-OH is 8. The van der Waals surface area contributed by atoms with Crippen molar-refractivity contribution in [1.29, 1.82) is 0 Å². The van der Waals surface area contributed by atoms with Crippen molar-refractivity contribution < 1.29 is 69.3 Å². The molecular weight excluding hydrogens is 847 g/mol. The molecule has 0 amide bonds. The number of ether oxygens (including phenoxy) is 6. The van der Waals surface area contributed by atoms with E-state index in [2.05, 4.69) is 0 Å². The van der Waals surface area contributed by atoms with Crippen LogP contribution in [0.25, 0.3) is 0 Å². The van der Waals surface area contributed by atoms with E-state index in [4.69, 9.17) is 51.6 Å². The third-order valence-corrected chi connectivity index (χ3v) is 12.3. The van der Waals surface area contributed by atoms with Crippen LogP contribution in [0, 0.1) is 0 Å². The Morgan fingerprint density at radius 3 is 1.23 bits per heavy atom. The van der Waals surface area contributed by atoms with Gasteiger partial charge in [0, 0.05) is 22.9 Å². The van der Waals surface area contributed by atoms with Gasteiger partial charge in [0.1, 0.15) is 84.7 Å². The van der Waals surface area contributed by atoms with Gasteiger partial charge in [0.15, 0.2) is 0 Å². The third kappa shape index (κ3) is 11.3. The lowest BCUT2D eigenvalue weighted by Crippen LogP contribution is -2.55. The minimum atomic E-state index is -1.42. The molecule has 4 saturated heterocycles. The van der Waals surface area contributed by atoms with E-state index in [1.807, 2.05) is 60.7 Å². The quantitative estimate of drug-likeness (QED) is 0.103. The second-order valence-corrected chi connectivity index (χ2v) is 16.9. The first-order valence-electron chi connectivity index (χ1n) is 20.8. The van der Waals surface area contributed by atoms with Crippen LogP contribution in [0.15, 0.2) is 84.9 Å². The van der Waals surface area contributed by atoms with E-state index in [0.717, 1.165) is 59.8 Å². The Balaban J connectivity index is 0.000000186. The van der Waals surface area contributed by atoms with Crippen LogP contribution in [0.5, 0.6) is 11.5 Å². The summed E-state index contributed by atoms with van der Waals surface area (Å²) in [6, 6.07) is 26.0. The molecule has 8 rings (SSSR count). The number of benzene rings is 4. The van der Waals surface area contributed by atoms with E-state index in [1.165, 1.54) is 0 Å². The third-order valence-electron chi connectivity index (χ3n) is 11.6. The van der Waals surface area contributed by atoms with E-state index in [-0.39, 0.29) is 12.2 Å². The molecule has 0 unspecified atom stereocenters. The number of hydrogen-bond acceptors (Lipinski definition) is 14. The molecule has 4 aliphatic rings. The Bertz CT molecular complexity index is 1880. The van der Waals surface area contributed by atoms with E-state index in [9.17, 15) is 40.9 Å². The molecule has 62 heavy (non-hydrogen) atoms. The molecule has 4 aliphatic heterocycles. The number of hydrogen-bond donors (Lipinski definition) is 8. The first kappa shape index (κ1) is 46.6. The van der Waals surface area contributed by atoms with Crippen molar-refractivity contribution in [3.05, 3.63) is 128 Å². The van der Waals surface area contributed by atoms with Crippen LogP contribution < -0.4 is 9.47 Å². The van der Waals surface area contributed by atoms with Gasteiger partial charge in [-0.05, 0) is 82.6 Å². The molecule has 4 aromatic carbocycles. The predicted molar refractivity (Wildman–Crippen MR) is 227 cm³/mol. The van der Waals surface area contributed by atoms with E-state index in [1.54, 1.807) is 24.3 Å². The Labute approximate surface area is 369 Å². The minimum absolute atomic E-state index is 0.0931. The Morgan fingerprint density at radius 1 is 0.500 bits per heavy atom. The number of aliphatic hydroxyl groups is 8. The molecule has 8 N–H and O–H groups in total. The lowest BCUT2D eigenvalue weighted by Gasteiger charge is -2.40. The smallest absolute Gasteiger partial charge is 0.124 e. The van der Waals surface area contributed by atoms with Crippen molar-refractivity contribution >= 4 is 23.2 Å². The van der Waals surface area contributed by atoms with Crippen LogP contribution in [0.4, 0.5) is 0 Å². The highest BCUT2D eigenvalue weighted by Gasteiger charge is 2.45. The van der Waals surface area contributed by atoms with Gasteiger partial charge in [-0.3, -0.25) is 0 Å². The molecule has 0 aliphatic carbocycles. The van der Waals surface area contributed by atoms with Gasteiger partial charge in [-0.15, -0.1) is 0 Å². The van der Waals surface area contributed by atoms with Crippen molar-refractivity contribution in [2.75, 3.05) is 39.6 Å². The zero-order valence-corrected chi connectivity index (χ0v) is 35.4. The summed E-state index contributed by atoms with van der Waals surface area (Å²) in [5.41, 5.74) is 4.93. The van der Waals surface area contributed by atoms with Gasteiger partial charge in [0.2, 0.25) is 0 Å². The molecule has 14 nitrogen and oxygen atoms in total. The largest absolute Gasteiger partial charge is 0.488 e. The summed E-state index contributed by atoms with van der Waals surface area (Å²) in [5.74, 6) is 1.58. The molecule has 4 aromatic rings. The molecule has 0 saturated carbocycles. The molecule has 0 bridgehead atoms. The van der Waals surface area contributed by atoms with Crippen molar-refractivity contribution in [2.45, 2.75) is 98.9 Å². The first-order valence-corrected chi connectivity index (χ1v) is 21.5. The molecule has 336 valence electrons. The van der Waals surface area contributed by atoms with Crippen LogP contribution in [-0.2, 0) is 31.8 Å². The molecule has 4 heterocycles. The Kier molecular flexibility index (Phi) is 16.2. The molecule has 0 aromatic heterocycles. The highest BCUT2D eigenvalue weighted by Crippen LogP contribution is 2.36. The van der Waals surface area contributed by atoms with Crippen LogP contribution in [0.2, 0.25) is 10.0 Å². The molecule has 0 spiro atoms. The zero-order valence-electron chi connectivity index (χ0n) is 33.9. The fourth-order valence-electron chi connectivity index (χ4n) is 7.98. The Hall–Kier alpha value is -3.42. The first-order chi connectivity index (χ1) is 29.9. The van der Waals surface area contributed by atoms with Crippen LogP contribution in [0.1, 0.15) is 58.4 Å². The SMILES string of the molecule is OC[C@H]1O[C@@H](c2ccc(Cl)c(Cc3ccc(O[C@H]4CCOC4)cc3)c2)[C@H](O)[C@@H](O)[C@@H]1O.OC[C@H]1O[C@@H](c2ccc(Cl)c(Cc3ccc(O[C@H]4CCOC4)cc3)c2)[C@H](O)[C@@H](O)[C@@H]1O. The maximum absolute atomic E-state index is 10.4. The summed E-state index contributed by atoms with van der Waals surface area (Å²) in [6.07, 6.45) is -8.91. The number of rotatable bonds is 12. The molecule has 4 fully saturated rings. The number of halogens is 2. The van der Waals surface area contributed by atoms with Crippen LogP contribution >= 0.6 is 23.2 Å². The molecule has 0 radical (unpaired) electrons. The normalized spacial score (nSPS) is 31.0. The molecule has 16 heteroatoms. The van der Waals surface area contributed by atoms with Crippen LogP contribution in [0.3, 0.4) is 0 Å². The monoisotopic (exact) mass is 900 g/mol. The fraction of sp³-hybridized carbons (Fsp3) is 0.478. The highest BCUT2D eigenvalue weighted by molar-refractivity contribution is 6.31. The topological polar surface area (TPSA) is 217 Å². The lowest BCUT2D eigenvalue weighted by atomic mass is 9.90. The van der Waals surface area contributed by atoms with E-state index >= 15 is 0 Å². The van der Waals surface area contributed by atoms with Gasteiger partial charge in [0.25, 0.3) is 0 Å². The maximum Gasteiger partial charge on any atom is 0.124 e. The second-order valence-electron chi connectivity index (χ2n) is 16.0. The molecule has 12 atom stereocenters. The average Bonchev–Trinajstić information content (AvgIpc) is 4.01. The van der Waals surface area contributed by atoms with E-state index < -0.39 is 74.3 Å². The van der Waals surface area contributed by atoms with Crippen molar-refractivity contribution in [3.63, 3.8) is 0 Å². The van der Waals surface area contributed by atoms with E-state index in [0.29, 0.717) is 47.2 Å². The molecular formula is C46H54Cl2O14. The van der Waals surface area contributed by atoms with Gasteiger partial charge in [-0.2, -0.15) is 0 Å². The van der Waals surface area contributed by atoms with Crippen molar-refractivity contribution in [2.24, 2.45) is 0 Å². The van der Waals surface area contributed by atoms with Gasteiger partial charge in [-0.25, -0.2) is 0 Å². The van der Waals surface area contributed by atoms with Crippen LogP contribution in [-0.4, -0.2) is 142 Å². The highest BCUT2D eigenvalue weighted by atomic mass is 35.5.